The molecule has 0 spiro atoms. The number of aromatic nitrogens is 2. The fourth-order valence-corrected chi connectivity index (χ4v) is 1.93. The van der Waals surface area contributed by atoms with E-state index in [9.17, 15) is 13.2 Å². The van der Waals surface area contributed by atoms with Crippen molar-refractivity contribution in [2.75, 3.05) is 13.2 Å². The van der Waals surface area contributed by atoms with Gasteiger partial charge in [0, 0.05) is 6.04 Å². The molecule has 0 amide bonds. The van der Waals surface area contributed by atoms with Crippen LogP contribution in [0.15, 0.2) is 4.52 Å². The van der Waals surface area contributed by atoms with E-state index >= 15 is 0 Å². The van der Waals surface area contributed by atoms with Crippen molar-refractivity contribution in [1.29, 1.82) is 0 Å². The summed E-state index contributed by atoms with van der Waals surface area (Å²) in [5, 5.41) is 6.84. The number of hydrogen-bond donors (Lipinski definition) is 1. The third kappa shape index (κ3) is 3.42. The van der Waals surface area contributed by atoms with Gasteiger partial charge in [0.05, 0.1) is 5.92 Å². The predicted molar refractivity (Wildman–Crippen MR) is 54.8 cm³/mol. The molecular formula is C10H14F3N3O2. The van der Waals surface area contributed by atoms with Crippen molar-refractivity contribution < 1.29 is 22.4 Å². The standard InChI is InChI=1S/C10H14F3N3O2/c1-6-7(2-3-14-6)9-15-8(16-18-9)4-17-5-10(11,12)13/h6-7,14H,2-5H2,1H3. The monoisotopic (exact) mass is 265 g/mol. The Balaban J connectivity index is 1.86. The molecule has 0 aliphatic carbocycles. The normalized spacial score (nSPS) is 24.7. The lowest BCUT2D eigenvalue weighted by atomic mass is 10.0. The van der Waals surface area contributed by atoms with Gasteiger partial charge in [-0.15, -0.1) is 0 Å². The third-order valence-corrected chi connectivity index (χ3v) is 2.82. The molecule has 1 aliphatic rings. The van der Waals surface area contributed by atoms with Gasteiger partial charge < -0.3 is 14.6 Å². The number of rotatable bonds is 4. The smallest absolute Gasteiger partial charge is 0.364 e. The second kappa shape index (κ2) is 5.23. The highest BCUT2D eigenvalue weighted by Crippen LogP contribution is 2.26. The maximum absolute atomic E-state index is 11.9. The van der Waals surface area contributed by atoms with E-state index in [1.807, 2.05) is 6.92 Å². The van der Waals surface area contributed by atoms with Gasteiger partial charge >= 0.3 is 6.18 Å². The van der Waals surface area contributed by atoms with Gasteiger partial charge in [0.2, 0.25) is 5.89 Å². The Bertz CT molecular complexity index is 394. The van der Waals surface area contributed by atoms with Crippen LogP contribution in [0.4, 0.5) is 13.2 Å². The molecule has 1 aromatic heterocycles. The van der Waals surface area contributed by atoms with E-state index in [1.54, 1.807) is 0 Å². The number of alkyl halides is 3. The van der Waals surface area contributed by atoms with Crippen LogP contribution in [-0.2, 0) is 11.3 Å². The minimum atomic E-state index is -4.34. The lowest BCUT2D eigenvalue weighted by Gasteiger charge is -2.08. The van der Waals surface area contributed by atoms with E-state index in [1.165, 1.54) is 0 Å². The van der Waals surface area contributed by atoms with Gasteiger partial charge in [-0.1, -0.05) is 5.16 Å². The molecule has 2 atom stereocenters. The molecule has 2 rings (SSSR count). The zero-order valence-corrected chi connectivity index (χ0v) is 9.83. The molecule has 102 valence electrons. The van der Waals surface area contributed by atoms with Crippen molar-refractivity contribution in [2.24, 2.45) is 0 Å². The average molecular weight is 265 g/mol. The van der Waals surface area contributed by atoms with Crippen LogP contribution in [0.1, 0.15) is 31.0 Å². The Hall–Kier alpha value is -1.15. The van der Waals surface area contributed by atoms with E-state index in [2.05, 4.69) is 20.2 Å². The molecule has 0 bridgehead atoms. The average Bonchev–Trinajstić information content (AvgIpc) is 2.84. The largest absolute Gasteiger partial charge is 0.411 e. The Labute approximate surface area is 102 Å². The van der Waals surface area contributed by atoms with Gasteiger partial charge in [0.25, 0.3) is 0 Å². The summed E-state index contributed by atoms with van der Waals surface area (Å²) in [6.45, 7) is 1.27. The second-order valence-corrected chi connectivity index (χ2v) is 4.29. The van der Waals surface area contributed by atoms with Crippen molar-refractivity contribution in [2.45, 2.75) is 38.1 Å². The summed E-state index contributed by atoms with van der Waals surface area (Å²) in [6.07, 6.45) is -3.46. The molecule has 0 saturated carbocycles. The molecule has 5 nitrogen and oxygen atoms in total. The van der Waals surface area contributed by atoms with Gasteiger partial charge in [-0.3, -0.25) is 0 Å². The number of nitrogens with zero attached hydrogens (tertiary/aromatic N) is 2. The zero-order valence-electron chi connectivity index (χ0n) is 9.83. The first kappa shape index (κ1) is 13.3. The quantitative estimate of drug-likeness (QED) is 0.896. The van der Waals surface area contributed by atoms with Gasteiger partial charge in [-0.25, -0.2) is 0 Å². The van der Waals surface area contributed by atoms with Crippen molar-refractivity contribution in [3.05, 3.63) is 11.7 Å². The second-order valence-electron chi connectivity index (χ2n) is 4.29. The van der Waals surface area contributed by atoms with Crippen molar-refractivity contribution in [1.82, 2.24) is 15.5 Å². The first-order valence-electron chi connectivity index (χ1n) is 5.66. The summed E-state index contributed by atoms with van der Waals surface area (Å²) in [5.41, 5.74) is 0. The van der Waals surface area contributed by atoms with E-state index in [4.69, 9.17) is 4.52 Å². The van der Waals surface area contributed by atoms with Gasteiger partial charge in [0.1, 0.15) is 13.2 Å². The molecule has 8 heteroatoms. The molecule has 1 N–H and O–H groups in total. The maximum atomic E-state index is 11.9. The SMILES string of the molecule is CC1NCCC1c1nc(COCC(F)(F)F)no1. The van der Waals surface area contributed by atoms with Gasteiger partial charge in [-0.05, 0) is 19.9 Å². The first-order chi connectivity index (χ1) is 8.46. The first-order valence-corrected chi connectivity index (χ1v) is 5.66. The van der Waals surface area contributed by atoms with Crippen LogP contribution in [0, 0.1) is 0 Å². The molecule has 1 aromatic rings. The van der Waals surface area contributed by atoms with Gasteiger partial charge in [0.15, 0.2) is 5.82 Å². The molecule has 1 fully saturated rings. The number of hydrogen-bond acceptors (Lipinski definition) is 5. The molecular weight excluding hydrogens is 251 g/mol. The Morgan fingerprint density at radius 3 is 2.89 bits per heavy atom. The zero-order chi connectivity index (χ0) is 13.2. The number of halogens is 3. The number of nitrogens with one attached hydrogen (secondary N) is 1. The van der Waals surface area contributed by atoms with Gasteiger partial charge in [-0.2, -0.15) is 18.2 Å². The molecule has 1 aliphatic heterocycles. The Kier molecular flexibility index (Phi) is 3.86. The fourth-order valence-electron chi connectivity index (χ4n) is 1.93. The van der Waals surface area contributed by atoms with Crippen LogP contribution in [0.3, 0.4) is 0 Å². The van der Waals surface area contributed by atoms with E-state index in [-0.39, 0.29) is 24.4 Å². The summed E-state index contributed by atoms with van der Waals surface area (Å²) in [7, 11) is 0. The van der Waals surface area contributed by atoms with Crippen LogP contribution >= 0.6 is 0 Å². The lowest BCUT2D eigenvalue weighted by Crippen LogP contribution is -2.21. The topological polar surface area (TPSA) is 60.2 Å². The Morgan fingerprint density at radius 1 is 1.50 bits per heavy atom. The molecule has 2 unspecified atom stereocenters. The van der Waals surface area contributed by atoms with Crippen LogP contribution < -0.4 is 5.32 Å². The van der Waals surface area contributed by atoms with Crippen molar-refractivity contribution in [3.63, 3.8) is 0 Å². The summed E-state index contributed by atoms with van der Waals surface area (Å²) in [4.78, 5) is 4.05. The van der Waals surface area contributed by atoms with Crippen molar-refractivity contribution >= 4 is 0 Å². The summed E-state index contributed by atoms with van der Waals surface area (Å²) in [5.74, 6) is 0.723. The molecule has 18 heavy (non-hydrogen) atoms. The fraction of sp³-hybridized carbons (Fsp3) is 0.800. The minimum absolute atomic E-state index is 0.119. The van der Waals surface area contributed by atoms with Crippen LogP contribution in [0.5, 0.6) is 0 Å². The predicted octanol–water partition coefficient (Wildman–Crippen LogP) is 1.61. The van der Waals surface area contributed by atoms with E-state index in [0.717, 1.165) is 13.0 Å². The highest BCUT2D eigenvalue weighted by Gasteiger charge is 2.30. The summed E-state index contributed by atoms with van der Waals surface area (Å²) >= 11 is 0. The van der Waals surface area contributed by atoms with Crippen molar-refractivity contribution in [3.8, 4) is 0 Å². The molecule has 0 aromatic carbocycles. The van der Waals surface area contributed by atoms with E-state index in [0.29, 0.717) is 5.89 Å². The molecule has 1 saturated heterocycles. The summed E-state index contributed by atoms with van der Waals surface area (Å²) < 4.78 is 45.1. The molecule has 2 heterocycles. The van der Waals surface area contributed by atoms with Crippen LogP contribution in [-0.4, -0.2) is 35.5 Å². The third-order valence-electron chi connectivity index (χ3n) is 2.82. The minimum Gasteiger partial charge on any atom is -0.364 e. The summed E-state index contributed by atoms with van der Waals surface area (Å²) in [6, 6.07) is 0.231. The lowest BCUT2D eigenvalue weighted by molar-refractivity contribution is -0.177. The Morgan fingerprint density at radius 2 is 2.28 bits per heavy atom. The molecule has 0 radical (unpaired) electrons. The highest BCUT2D eigenvalue weighted by molar-refractivity contribution is 5.01. The van der Waals surface area contributed by atoms with Crippen LogP contribution in [0.25, 0.3) is 0 Å². The maximum Gasteiger partial charge on any atom is 0.411 e. The number of ether oxygens (including phenoxy) is 1. The van der Waals surface area contributed by atoms with Crippen LogP contribution in [0.2, 0.25) is 0 Å². The van der Waals surface area contributed by atoms with E-state index < -0.39 is 12.8 Å². The highest BCUT2D eigenvalue weighted by atomic mass is 19.4.